The van der Waals surface area contributed by atoms with Gasteiger partial charge in [-0.15, -0.1) is 0 Å². The first-order chi connectivity index (χ1) is 8.03. The van der Waals surface area contributed by atoms with Gasteiger partial charge < -0.3 is 4.90 Å². The molecule has 17 heavy (non-hydrogen) atoms. The topological polar surface area (TPSA) is 50.3 Å². The second-order valence-electron chi connectivity index (χ2n) is 4.78. The molecule has 0 unspecified atom stereocenters. The van der Waals surface area contributed by atoms with E-state index in [9.17, 15) is 9.59 Å². The van der Waals surface area contributed by atoms with Crippen LogP contribution in [-0.4, -0.2) is 33.7 Å². The van der Waals surface area contributed by atoms with Crippen molar-refractivity contribution < 1.29 is 9.59 Å². The predicted molar refractivity (Wildman–Crippen MR) is 63.6 cm³/mol. The Morgan fingerprint density at radius 1 is 1.35 bits per heavy atom. The summed E-state index contributed by atoms with van der Waals surface area (Å²) >= 11 is 0. The van der Waals surface area contributed by atoms with E-state index in [0.717, 1.165) is 6.42 Å². The maximum Gasteiger partial charge on any atom is 0.254 e. The lowest BCUT2D eigenvalue weighted by Crippen LogP contribution is -2.56. The largest absolute Gasteiger partial charge is 0.326 e. The van der Waals surface area contributed by atoms with Crippen LogP contribution in [0.5, 0.6) is 0 Å². The molecule has 4 nitrogen and oxygen atoms in total. The SMILES string of the molecule is CC1(C)C(=O)CCCN1C(=O)c1ccncc1. The Bertz CT molecular complexity index is 440. The van der Waals surface area contributed by atoms with Crippen LogP contribution >= 0.6 is 0 Å². The van der Waals surface area contributed by atoms with Gasteiger partial charge in [-0.3, -0.25) is 14.6 Å². The second kappa shape index (κ2) is 4.28. The molecule has 4 heteroatoms. The van der Waals surface area contributed by atoms with Crippen LogP contribution in [0.15, 0.2) is 24.5 Å². The van der Waals surface area contributed by atoms with E-state index in [1.807, 2.05) is 13.8 Å². The quantitative estimate of drug-likeness (QED) is 0.740. The van der Waals surface area contributed by atoms with E-state index >= 15 is 0 Å². The van der Waals surface area contributed by atoms with Crippen molar-refractivity contribution in [1.29, 1.82) is 0 Å². The number of rotatable bonds is 1. The molecule has 0 aromatic carbocycles. The standard InChI is InChI=1S/C13H16N2O2/c1-13(2)11(16)4-3-9-15(13)12(17)10-5-7-14-8-6-10/h5-8H,3-4,9H2,1-2H3. The Kier molecular flexibility index (Phi) is 2.96. The van der Waals surface area contributed by atoms with Gasteiger partial charge in [-0.1, -0.05) is 0 Å². The number of piperidine rings is 1. The molecule has 1 fully saturated rings. The molecule has 0 atom stereocenters. The molecule has 0 bridgehead atoms. The summed E-state index contributed by atoms with van der Waals surface area (Å²) in [5.74, 6) is 0.0385. The van der Waals surface area contributed by atoms with Gasteiger partial charge in [0.05, 0.1) is 5.54 Å². The minimum atomic E-state index is -0.696. The summed E-state index contributed by atoms with van der Waals surface area (Å²) in [6.45, 7) is 4.26. The lowest BCUT2D eigenvalue weighted by Gasteiger charge is -2.41. The van der Waals surface area contributed by atoms with E-state index in [1.54, 1.807) is 29.4 Å². The van der Waals surface area contributed by atoms with E-state index in [0.29, 0.717) is 18.5 Å². The highest BCUT2D eigenvalue weighted by molar-refractivity contribution is 6.00. The molecule has 1 aliphatic heterocycles. The zero-order valence-corrected chi connectivity index (χ0v) is 10.1. The van der Waals surface area contributed by atoms with Crippen LogP contribution in [0.25, 0.3) is 0 Å². The van der Waals surface area contributed by atoms with Gasteiger partial charge in [0.25, 0.3) is 5.91 Å². The molecule has 1 saturated heterocycles. The van der Waals surface area contributed by atoms with E-state index in [4.69, 9.17) is 0 Å². The molecule has 1 amide bonds. The summed E-state index contributed by atoms with van der Waals surface area (Å²) in [6.07, 6.45) is 4.49. The summed E-state index contributed by atoms with van der Waals surface area (Å²) in [5.41, 5.74) is -0.110. The number of amides is 1. The van der Waals surface area contributed by atoms with Crippen LogP contribution in [-0.2, 0) is 4.79 Å². The fourth-order valence-corrected chi connectivity index (χ4v) is 2.14. The van der Waals surface area contributed by atoms with Crippen molar-refractivity contribution in [3.8, 4) is 0 Å². The van der Waals surface area contributed by atoms with Crippen molar-refractivity contribution in [3.05, 3.63) is 30.1 Å². The molecule has 0 N–H and O–H groups in total. The molecule has 1 aliphatic rings. The fraction of sp³-hybridized carbons (Fsp3) is 0.462. The third kappa shape index (κ3) is 2.07. The van der Waals surface area contributed by atoms with Crippen LogP contribution in [0.4, 0.5) is 0 Å². The van der Waals surface area contributed by atoms with Gasteiger partial charge in [0.15, 0.2) is 5.78 Å². The molecule has 0 aliphatic carbocycles. The van der Waals surface area contributed by atoms with Gasteiger partial charge in [-0.05, 0) is 32.4 Å². The number of aromatic nitrogens is 1. The number of ketones is 1. The summed E-state index contributed by atoms with van der Waals surface area (Å²) in [5, 5.41) is 0. The van der Waals surface area contributed by atoms with Crippen LogP contribution in [0.3, 0.4) is 0 Å². The van der Waals surface area contributed by atoms with Crippen molar-refractivity contribution >= 4 is 11.7 Å². The van der Waals surface area contributed by atoms with Crippen molar-refractivity contribution in [2.45, 2.75) is 32.2 Å². The maximum absolute atomic E-state index is 12.3. The van der Waals surface area contributed by atoms with Crippen LogP contribution in [0, 0.1) is 0 Å². The van der Waals surface area contributed by atoms with Crippen LogP contribution in [0.1, 0.15) is 37.0 Å². The molecule has 0 saturated carbocycles. The summed E-state index contributed by atoms with van der Waals surface area (Å²) in [4.78, 5) is 29.7. The Morgan fingerprint density at radius 3 is 2.65 bits per heavy atom. The minimum absolute atomic E-state index is 0.0922. The molecule has 0 spiro atoms. The van der Waals surface area contributed by atoms with E-state index in [2.05, 4.69) is 4.98 Å². The molecule has 0 radical (unpaired) electrons. The van der Waals surface area contributed by atoms with E-state index in [-0.39, 0.29) is 11.7 Å². The molecule has 1 aromatic heterocycles. The third-order valence-corrected chi connectivity index (χ3v) is 3.32. The van der Waals surface area contributed by atoms with E-state index in [1.165, 1.54) is 0 Å². The second-order valence-corrected chi connectivity index (χ2v) is 4.78. The highest BCUT2D eigenvalue weighted by Crippen LogP contribution is 2.25. The molecular weight excluding hydrogens is 216 g/mol. The van der Waals surface area contributed by atoms with Crippen LogP contribution < -0.4 is 0 Å². The molecule has 1 aromatic rings. The maximum atomic E-state index is 12.3. The Balaban J connectivity index is 2.28. The number of hydrogen-bond donors (Lipinski definition) is 0. The van der Waals surface area contributed by atoms with Gasteiger partial charge in [-0.2, -0.15) is 0 Å². The number of Topliss-reactive ketones (excluding diaryl/α,β-unsaturated/α-hetero) is 1. The molecule has 90 valence electrons. The highest BCUT2D eigenvalue weighted by Gasteiger charge is 2.40. The average molecular weight is 232 g/mol. The number of carbonyl (C=O) groups excluding carboxylic acids is 2. The first-order valence-electron chi connectivity index (χ1n) is 5.79. The Hall–Kier alpha value is -1.71. The van der Waals surface area contributed by atoms with Crippen molar-refractivity contribution in [3.63, 3.8) is 0 Å². The smallest absolute Gasteiger partial charge is 0.254 e. The lowest BCUT2D eigenvalue weighted by atomic mass is 9.88. The number of nitrogens with zero attached hydrogens (tertiary/aromatic N) is 2. The van der Waals surface area contributed by atoms with Gasteiger partial charge in [0.1, 0.15) is 0 Å². The lowest BCUT2D eigenvalue weighted by molar-refractivity contribution is -0.130. The fourth-order valence-electron chi connectivity index (χ4n) is 2.14. The van der Waals surface area contributed by atoms with E-state index < -0.39 is 5.54 Å². The average Bonchev–Trinajstić information content (AvgIpc) is 2.33. The van der Waals surface area contributed by atoms with Crippen molar-refractivity contribution in [2.24, 2.45) is 0 Å². The Labute approximate surface area is 101 Å². The highest BCUT2D eigenvalue weighted by atomic mass is 16.2. The minimum Gasteiger partial charge on any atom is -0.326 e. The summed E-state index contributed by atoms with van der Waals surface area (Å²) < 4.78 is 0. The van der Waals surface area contributed by atoms with Crippen LogP contribution in [0.2, 0.25) is 0 Å². The molecule has 2 rings (SSSR count). The Morgan fingerprint density at radius 2 is 2.00 bits per heavy atom. The van der Waals surface area contributed by atoms with Gasteiger partial charge in [0.2, 0.25) is 0 Å². The zero-order valence-electron chi connectivity index (χ0n) is 10.1. The van der Waals surface area contributed by atoms with Gasteiger partial charge >= 0.3 is 0 Å². The first-order valence-corrected chi connectivity index (χ1v) is 5.79. The number of carbonyl (C=O) groups is 2. The first kappa shape index (κ1) is 11.8. The monoisotopic (exact) mass is 232 g/mol. The van der Waals surface area contributed by atoms with Gasteiger partial charge in [-0.25, -0.2) is 0 Å². The van der Waals surface area contributed by atoms with Crippen molar-refractivity contribution in [2.75, 3.05) is 6.54 Å². The summed E-state index contributed by atoms with van der Waals surface area (Å²) in [7, 11) is 0. The summed E-state index contributed by atoms with van der Waals surface area (Å²) in [6, 6.07) is 3.36. The number of hydrogen-bond acceptors (Lipinski definition) is 3. The number of likely N-dealkylation sites (tertiary alicyclic amines) is 1. The molecular formula is C13H16N2O2. The third-order valence-electron chi connectivity index (χ3n) is 3.32. The normalized spacial score (nSPS) is 19.2. The number of pyridine rings is 1. The predicted octanol–water partition coefficient (Wildman–Crippen LogP) is 1.67. The van der Waals surface area contributed by atoms with Crippen molar-refractivity contribution in [1.82, 2.24) is 9.88 Å². The molecule has 2 heterocycles. The van der Waals surface area contributed by atoms with Gasteiger partial charge in [0, 0.05) is 30.9 Å². The zero-order chi connectivity index (χ0) is 12.5.